The lowest BCUT2D eigenvalue weighted by molar-refractivity contribution is 0.0962. The Morgan fingerprint density at radius 1 is 1.14 bits per heavy atom. The topological polar surface area (TPSA) is 34.9 Å². The Morgan fingerprint density at radius 3 is 2.52 bits per heavy atom. The Bertz CT molecular complexity index is 844. The largest absolute Gasteiger partial charge is 0.269 e. The number of fused-ring (bicyclic) bond motifs is 1. The number of rotatable bonds is 2. The molecule has 0 atom stereocenters. The minimum Gasteiger partial charge on any atom is -0.269 e. The first-order valence-corrected chi connectivity index (χ1v) is 6.82. The lowest BCUT2D eigenvalue weighted by atomic mass is 10.2. The Balaban J connectivity index is 2.35. The summed E-state index contributed by atoms with van der Waals surface area (Å²) < 4.78 is 1.65. The number of allylic oxidation sites excluding steroid dienone is 1. The summed E-state index contributed by atoms with van der Waals surface area (Å²) in [4.78, 5) is 17.2. The molecule has 21 heavy (non-hydrogen) atoms. The van der Waals surface area contributed by atoms with E-state index in [4.69, 9.17) is 0 Å². The van der Waals surface area contributed by atoms with Crippen molar-refractivity contribution in [2.24, 2.45) is 0 Å². The molecule has 2 aromatic carbocycles. The second kappa shape index (κ2) is 5.02. The van der Waals surface area contributed by atoms with Gasteiger partial charge in [-0.25, -0.2) is 4.98 Å². The zero-order chi connectivity index (χ0) is 15.0. The molecule has 3 aromatic rings. The third-order valence-corrected chi connectivity index (χ3v) is 3.41. The highest BCUT2D eigenvalue weighted by Gasteiger charge is 2.18. The second-order valence-corrected chi connectivity index (χ2v) is 5.21. The van der Waals surface area contributed by atoms with Crippen LogP contribution in [0.4, 0.5) is 0 Å². The molecule has 0 spiro atoms. The van der Waals surface area contributed by atoms with E-state index in [1.54, 1.807) is 11.5 Å². The average molecular weight is 276 g/mol. The molecular formula is C18H16N2O. The zero-order valence-corrected chi connectivity index (χ0v) is 12.1. The number of carbonyl (C=O) groups is 1. The minimum atomic E-state index is -0.125. The van der Waals surface area contributed by atoms with Gasteiger partial charge in [-0.3, -0.25) is 9.36 Å². The van der Waals surface area contributed by atoms with Gasteiger partial charge in [0.25, 0.3) is 5.91 Å². The van der Waals surface area contributed by atoms with E-state index in [0.29, 0.717) is 11.4 Å². The van der Waals surface area contributed by atoms with Crippen LogP contribution in [0.2, 0.25) is 0 Å². The van der Waals surface area contributed by atoms with Crippen molar-refractivity contribution in [3.05, 3.63) is 66.2 Å². The standard InChI is InChI=1S/C18H16N2O/c1-12(2)18(21)20-16-10-9-13(3)11-15(16)19-17(20)14-7-5-4-6-8-14/h4-11H,1H2,2-3H3. The number of imidazole rings is 1. The third-order valence-electron chi connectivity index (χ3n) is 3.41. The molecular weight excluding hydrogens is 260 g/mol. The van der Waals surface area contributed by atoms with E-state index in [-0.39, 0.29) is 5.91 Å². The van der Waals surface area contributed by atoms with E-state index < -0.39 is 0 Å². The van der Waals surface area contributed by atoms with Gasteiger partial charge in [0.15, 0.2) is 0 Å². The van der Waals surface area contributed by atoms with Crippen molar-refractivity contribution < 1.29 is 4.79 Å². The molecule has 3 nitrogen and oxygen atoms in total. The first kappa shape index (κ1) is 13.3. The Kier molecular flexibility index (Phi) is 3.18. The van der Waals surface area contributed by atoms with Crippen molar-refractivity contribution in [1.82, 2.24) is 9.55 Å². The molecule has 0 aliphatic rings. The predicted molar refractivity (Wildman–Crippen MR) is 85.3 cm³/mol. The van der Waals surface area contributed by atoms with Crippen molar-refractivity contribution in [2.75, 3.05) is 0 Å². The van der Waals surface area contributed by atoms with Crippen molar-refractivity contribution in [3.63, 3.8) is 0 Å². The summed E-state index contributed by atoms with van der Waals surface area (Å²) in [6, 6.07) is 15.6. The lowest BCUT2D eigenvalue weighted by Crippen LogP contribution is -2.12. The maximum Gasteiger partial charge on any atom is 0.259 e. The molecule has 3 heteroatoms. The molecule has 0 amide bonds. The van der Waals surface area contributed by atoms with Crippen molar-refractivity contribution >= 4 is 16.9 Å². The highest BCUT2D eigenvalue weighted by molar-refractivity contribution is 6.03. The number of aryl methyl sites for hydroxylation is 1. The number of benzene rings is 2. The highest BCUT2D eigenvalue weighted by Crippen LogP contribution is 2.26. The summed E-state index contributed by atoms with van der Waals surface area (Å²) in [6.45, 7) is 7.51. The van der Waals surface area contributed by atoms with Crippen molar-refractivity contribution in [3.8, 4) is 11.4 Å². The molecule has 0 fully saturated rings. The van der Waals surface area contributed by atoms with Crippen LogP contribution in [-0.2, 0) is 0 Å². The van der Waals surface area contributed by atoms with Crippen LogP contribution in [0.1, 0.15) is 17.3 Å². The van der Waals surface area contributed by atoms with Gasteiger partial charge >= 0.3 is 0 Å². The predicted octanol–water partition coefficient (Wildman–Crippen LogP) is 4.23. The molecule has 0 N–H and O–H groups in total. The van der Waals surface area contributed by atoms with Crippen LogP contribution < -0.4 is 0 Å². The molecule has 1 aromatic heterocycles. The molecule has 0 saturated heterocycles. The molecule has 104 valence electrons. The molecule has 3 rings (SSSR count). The number of hydrogen-bond donors (Lipinski definition) is 0. The summed E-state index contributed by atoms with van der Waals surface area (Å²) in [5, 5.41) is 0. The number of nitrogens with zero attached hydrogens (tertiary/aromatic N) is 2. The van der Waals surface area contributed by atoms with Gasteiger partial charge in [-0.1, -0.05) is 43.0 Å². The van der Waals surface area contributed by atoms with Gasteiger partial charge in [-0.2, -0.15) is 0 Å². The zero-order valence-electron chi connectivity index (χ0n) is 12.1. The van der Waals surface area contributed by atoms with Crippen molar-refractivity contribution in [2.45, 2.75) is 13.8 Å². The Hall–Kier alpha value is -2.68. The van der Waals surface area contributed by atoms with Crippen molar-refractivity contribution in [1.29, 1.82) is 0 Å². The van der Waals surface area contributed by atoms with E-state index in [0.717, 1.165) is 22.2 Å². The van der Waals surface area contributed by atoms with Crippen LogP contribution in [0.25, 0.3) is 22.4 Å². The molecule has 0 unspecified atom stereocenters. The Labute approximate surface area is 123 Å². The summed E-state index contributed by atoms with van der Waals surface area (Å²) in [6.07, 6.45) is 0. The van der Waals surface area contributed by atoms with Gasteiger partial charge in [-0.15, -0.1) is 0 Å². The van der Waals surface area contributed by atoms with Crippen LogP contribution in [0.15, 0.2) is 60.7 Å². The van der Waals surface area contributed by atoms with Gasteiger partial charge < -0.3 is 0 Å². The summed E-state index contributed by atoms with van der Waals surface area (Å²) in [5.41, 5.74) is 4.17. The van der Waals surface area contributed by atoms with Crippen LogP contribution in [0.3, 0.4) is 0 Å². The normalized spacial score (nSPS) is 10.8. The first-order valence-electron chi connectivity index (χ1n) is 6.82. The minimum absolute atomic E-state index is 0.125. The second-order valence-electron chi connectivity index (χ2n) is 5.21. The number of carbonyl (C=O) groups excluding carboxylic acids is 1. The molecule has 0 aliphatic carbocycles. The monoisotopic (exact) mass is 276 g/mol. The maximum atomic E-state index is 12.5. The molecule has 0 saturated carbocycles. The van der Waals surface area contributed by atoms with Crippen LogP contribution in [0, 0.1) is 6.92 Å². The summed E-state index contributed by atoms with van der Waals surface area (Å²) >= 11 is 0. The third kappa shape index (κ3) is 2.27. The maximum absolute atomic E-state index is 12.5. The number of hydrogen-bond acceptors (Lipinski definition) is 2. The van der Waals surface area contributed by atoms with Crippen LogP contribution in [0.5, 0.6) is 0 Å². The quantitative estimate of drug-likeness (QED) is 0.656. The van der Waals surface area contributed by atoms with E-state index in [9.17, 15) is 4.79 Å². The Morgan fingerprint density at radius 2 is 1.86 bits per heavy atom. The molecule has 0 radical (unpaired) electrons. The number of aromatic nitrogens is 2. The van der Waals surface area contributed by atoms with Crippen LogP contribution >= 0.6 is 0 Å². The first-order chi connectivity index (χ1) is 10.1. The lowest BCUT2D eigenvalue weighted by Gasteiger charge is -2.07. The van der Waals surface area contributed by atoms with E-state index in [1.807, 2.05) is 55.5 Å². The van der Waals surface area contributed by atoms with Crippen LogP contribution in [-0.4, -0.2) is 15.5 Å². The summed E-state index contributed by atoms with van der Waals surface area (Å²) in [5.74, 6) is 0.532. The molecule has 0 aliphatic heterocycles. The van der Waals surface area contributed by atoms with E-state index in [2.05, 4.69) is 11.6 Å². The van der Waals surface area contributed by atoms with Gasteiger partial charge in [0.2, 0.25) is 0 Å². The van der Waals surface area contributed by atoms with E-state index >= 15 is 0 Å². The fourth-order valence-corrected chi connectivity index (χ4v) is 2.37. The SMILES string of the molecule is C=C(C)C(=O)n1c(-c2ccccc2)nc2cc(C)ccc21. The van der Waals surface area contributed by atoms with Gasteiger partial charge in [-0.05, 0) is 31.5 Å². The molecule has 0 bridgehead atoms. The smallest absolute Gasteiger partial charge is 0.259 e. The summed E-state index contributed by atoms with van der Waals surface area (Å²) in [7, 11) is 0. The fraction of sp³-hybridized carbons (Fsp3) is 0.111. The van der Waals surface area contributed by atoms with E-state index in [1.165, 1.54) is 0 Å². The van der Waals surface area contributed by atoms with Gasteiger partial charge in [0.1, 0.15) is 5.82 Å². The average Bonchev–Trinajstić information content (AvgIpc) is 2.85. The van der Waals surface area contributed by atoms with Gasteiger partial charge in [0, 0.05) is 11.1 Å². The molecule has 1 heterocycles. The highest BCUT2D eigenvalue weighted by atomic mass is 16.2. The fourth-order valence-electron chi connectivity index (χ4n) is 2.37. The van der Waals surface area contributed by atoms with Gasteiger partial charge in [0.05, 0.1) is 11.0 Å².